The summed E-state index contributed by atoms with van der Waals surface area (Å²) < 4.78 is 29.2. The Labute approximate surface area is 202 Å². The van der Waals surface area contributed by atoms with Gasteiger partial charge in [0, 0.05) is 0 Å². The number of fused-ring (bicyclic) bond motifs is 1. The van der Waals surface area contributed by atoms with E-state index in [0.29, 0.717) is 12.8 Å². The van der Waals surface area contributed by atoms with Crippen molar-refractivity contribution in [2.45, 2.75) is 89.7 Å². The van der Waals surface area contributed by atoms with Gasteiger partial charge in [0.15, 0.2) is 11.7 Å². The fraction of sp³-hybridized carbons (Fsp3) is 0.833. The SMILES string of the molecule is CCCC[C@@H]1CC(C)OC(=O)C23OC4OC(=O)C(OCC(=O)O)C41C2(C)[C@H](O)C1OC(=O)C(C)C13. The van der Waals surface area contributed by atoms with Gasteiger partial charge in [0.25, 0.3) is 0 Å². The first-order valence-corrected chi connectivity index (χ1v) is 12.3. The van der Waals surface area contributed by atoms with Gasteiger partial charge in [0.05, 0.1) is 28.8 Å². The molecular formula is C24H32O11. The number of hydrogen-bond donors (Lipinski definition) is 2. The van der Waals surface area contributed by atoms with E-state index in [1.165, 1.54) is 0 Å². The normalized spacial score (nSPS) is 49.9. The Morgan fingerprint density at radius 2 is 1.86 bits per heavy atom. The minimum absolute atomic E-state index is 0.332. The average molecular weight is 497 g/mol. The lowest BCUT2D eigenvalue weighted by Crippen LogP contribution is -2.66. The highest BCUT2D eigenvalue weighted by Crippen LogP contribution is 2.76. The number of carbonyl (C=O) groups excluding carboxylic acids is 3. The first kappa shape index (κ1) is 24.5. The molecule has 194 valence electrons. The number of ether oxygens (including phenoxy) is 5. The molecule has 1 saturated carbocycles. The number of carboxylic acids is 1. The lowest BCUT2D eigenvalue weighted by Gasteiger charge is -2.53. The Bertz CT molecular complexity index is 965. The first-order valence-electron chi connectivity index (χ1n) is 12.3. The summed E-state index contributed by atoms with van der Waals surface area (Å²) in [4.78, 5) is 51.0. The maximum absolute atomic E-state index is 13.9. The summed E-state index contributed by atoms with van der Waals surface area (Å²) in [6.07, 6.45) is -3.24. The second kappa shape index (κ2) is 7.88. The molecule has 4 saturated heterocycles. The third-order valence-electron chi connectivity index (χ3n) is 9.30. The van der Waals surface area contributed by atoms with Crippen LogP contribution in [0.25, 0.3) is 0 Å². The molecule has 1 spiro atoms. The molecule has 1 aliphatic carbocycles. The van der Waals surface area contributed by atoms with Crippen LogP contribution >= 0.6 is 0 Å². The van der Waals surface area contributed by atoms with E-state index in [9.17, 15) is 29.4 Å². The number of aliphatic hydroxyl groups excluding tert-OH is 1. The second-order valence-electron chi connectivity index (χ2n) is 10.8. The molecule has 5 fully saturated rings. The molecule has 4 aliphatic heterocycles. The number of aliphatic carboxylic acids is 1. The van der Waals surface area contributed by atoms with E-state index in [1.807, 2.05) is 6.92 Å². The van der Waals surface area contributed by atoms with Gasteiger partial charge >= 0.3 is 23.9 Å². The Kier molecular flexibility index (Phi) is 5.50. The third-order valence-corrected chi connectivity index (χ3v) is 9.30. The van der Waals surface area contributed by atoms with Crippen molar-refractivity contribution in [3.05, 3.63) is 0 Å². The van der Waals surface area contributed by atoms with Crippen molar-refractivity contribution in [1.29, 1.82) is 0 Å². The summed E-state index contributed by atoms with van der Waals surface area (Å²) in [6.45, 7) is 6.24. The zero-order chi connectivity index (χ0) is 25.5. The van der Waals surface area contributed by atoms with Crippen molar-refractivity contribution >= 4 is 23.9 Å². The quantitative estimate of drug-likeness (QED) is 0.396. The highest BCUT2D eigenvalue weighted by molar-refractivity contribution is 5.89. The lowest BCUT2D eigenvalue weighted by atomic mass is 9.49. The molecular weight excluding hydrogens is 464 g/mol. The van der Waals surface area contributed by atoms with Gasteiger partial charge in [-0.25, -0.2) is 14.4 Å². The summed E-state index contributed by atoms with van der Waals surface area (Å²) in [6, 6.07) is 0. The van der Waals surface area contributed by atoms with E-state index >= 15 is 0 Å². The minimum Gasteiger partial charge on any atom is -0.480 e. The van der Waals surface area contributed by atoms with Gasteiger partial charge in [-0.15, -0.1) is 0 Å². The summed E-state index contributed by atoms with van der Waals surface area (Å²) >= 11 is 0. The third kappa shape index (κ3) is 2.72. The zero-order valence-corrected chi connectivity index (χ0v) is 20.2. The number of carboxylic acid groups (broad SMARTS) is 1. The largest absolute Gasteiger partial charge is 0.480 e. The van der Waals surface area contributed by atoms with Gasteiger partial charge < -0.3 is 33.9 Å². The van der Waals surface area contributed by atoms with Crippen molar-refractivity contribution in [2.24, 2.45) is 28.6 Å². The van der Waals surface area contributed by atoms with Crippen molar-refractivity contribution in [3.63, 3.8) is 0 Å². The molecule has 0 aromatic heterocycles. The molecule has 11 heteroatoms. The number of rotatable bonds is 6. The van der Waals surface area contributed by atoms with Gasteiger partial charge in [-0.05, 0) is 25.7 Å². The molecule has 2 bridgehead atoms. The summed E-state index contributed by atoms with van der Waals surface area (Å²) in [7, 11) is 0. The highest BCUT2D eigenvalue weighted by Gasteiger charge is 2.92. The van der Waals surface area contributed by atoms with Crippen LogP contribution < -0.4 is 0 Å². The summed E-state index contributed by atoms with van der Waals surface area (Å²) in [5, 5.41) is 21.2. The predicted octanol–water partition coefficient (Wildman–Crippen LogP) is 0.795. The van der Waals surface area contributed by atoms with E-state index < -0.39 is 95.4 Å². The van der Waals surface area contributed by atoms with E-state index in [0.717, 1.165) is 12.8 Å². The fourth-order valence-electron chi connectivity index (χ4n) is 7.96. The van der Waals surface area contributed by atoms with Gasteiger partial charge in [0.2, 0.25) is 6.29 Å². The molecule has 4 heterocycles. The highest BCUT2D eigenvalue weighted by atomic mass is 16.7. The van der Waals surface area contributed by atoms with Crippen LogP contribution in [-0.2, 0) is 42.9 Å². The van der Waals surface area contributed by atoms with Crippen LogP contribution in [0.3, 0.4) is 0 Å². The number of hydrogen-bond acceptors (Lipinski definition) is 10. The Morgan fingerprint density at radius 1 is 1.14 bits per heavy atom. The van der Waals surface area contributed by atoms with Gasteiger partial charge in [-0.1, -0.05) is 33.6 Å². The van der Waals surface area contributed by atoms with Crippen molar-refractivity contribution in [3.8, 4) is 0 Å². The summed E-state index contributed by atoms with van der Waals surface area (Å²) in [5.74, 6) is -5.47. The monoisotopic (exact) mass is 496 g/mol. The maximum atomic E-state index is 13.9. The minimum atomic E-state index is -1.86. The lowest BCUT2D eigenvalue weighted by molar-refractivity contribution is -0.219. The second-order valence-corrected chi connectivity index (χ2v) is 10.8. The molecule has 11 atom stereocenters. The Hall–Kier alpha value is -2.24. The van der Waals surface area contributed by atoms with Crippen LogP contribution in [0, 0.1) is 28.6 Å². The van der Waals surface area contributed by atoms with Crippen molar-refractivity contribution < 1.29 is 53.1 Å². The standard InChI is InChI=1S/C24H32O11/c1-5-6-7-12-8-10(2)32-20(30)24-14-11(3)18(28)33-15(14)16(27)22(24,4)23(12)17(31-9-13(25)26)19(29)34-21(23)35-24/h10-12,14-17,21,27H,5-9H2,1-4H3,(H,25,26)/t10?,11?,12-,14?,15?,16-,17?,21?,22?,23?,24?/m1/s1. The Balaban J connectivity index is 1.78. The van der Waals surface area contributed by atoms with E-state index in [4.69, 9.17) is 23.7 Å². The molecule has 35 heavy (non-hydrogen) atoms. The van der Waals surface area contributed by atoms with E-state index in [-0.39, 0.29) is 0 Å². The van der Waals surface area contributed by atoms with Crippen LogP contribution in [-0.4, -0.2) is 77.0 Å². The van der Waals surface area contributed by atoms with Gasteiger partial charge in [-0.3, -0.25) is 4.79 Å². The number of esters is 3. The first-order chi connectivity index (χ1) is 16.5. The molecule has 0 aromatic rings. The van der Waals surface area contributed by atoms with E-state index in [1.54, 1.807) is 20.8 Å². The zero-order valence-electron chi connectivity index (χ0n) is 20.2. The molecule has 0 amide bonds. The molecule has 11 nitrogen and oxygen atoms in total. The predicted molar refractivity (Wildman–Crippen MR) is 113 cm³/mol. The van der Waals surface area contributed by atoms with Crippen molar-refractivity contribution in [2.75, 3.05) is 6.61 Å². The molecule has 0 radical (unpaired) electrons. The van der Waals surface area contributed by atoms with Crippen LogP contribution in [0.5, 0.6) is 0 Å². The molecule has 5 rings (SSSR count). The number of carbonyl (C=O) groups is 4. The maximum Gasteiger partial charge on any atom is 0.340 e. The molecule has 2 N–H and O–H groups in total. The number of aliphatic hydroxyl groups is 1. The number of unbranched alkanes of at least 4 members (excludes halogenated alkanes) is 1. The molecule has 0 aromatic carbocycles. The summed E-state index contributed by atoms with van der Waals surface area (Å²) in [5.41, 5.74) is -4.82. The fourth-order valence-corrected chi connectivity index (χ4v) is 7.96. The van der Waals surface area contributed by atoms with Gasteiger partial charge in [-0.2, -0.15) is 0 Å². The van der Waals surface area contributed by atoms with Crippen LogP contribution in [0.2, 0.25) is 0 Å². The molecule has 5 aliphatic rings. The Morgan fingerprint density at radius 3 is 2.51 bits per heavy atom. The average Bonchev–Trinajstić information content (AvgIpc) is 3.38. The van der Waals surface area contributed by atoms with Crippen LogP contribution in [0.1, 0.15) is 53.4 Å². The van der Waals surface area contributed by atoms with E-state index in [2.05, 4.69) is 0 Å². The topological polar surface area (TPSA) is 155 Å². The smallest absolute Gasteiger partial charge is 0.340 e. The molecule has 9 unspecified atom stereocenters. The van der Waals surface area contributed by atoms with Crippen LogP contribution in [0.15, 0.2) is 0 Å². The van der Waals surface area contributed by atoms with Crippen LogP contribution in [0.4, 0.5) is 0 Å². The number of cyclic esters (lactones) is 1. The van der Waals surface area contributed by atoms with Crippen molar-refractivity contribution in [1.82, 2.24) is 0 Å². The van der Waals surface area contributed by atoms with Gasteiger partial charge in [0.1, 0.15) is 18.8 Å².